The van der Waals surface area contributed by atoms with Gasteiger partial charge in [0.05, 0.1) is 6.54 Å². The number of piperidine rings is 1. The third-order valence-electron chi connectivity index (χ3n) is 5.55. The van der Waals surface area contributed by atoms with Crippen molar-refractivity contribution < 1.29 is 14.3 Å². The number of rotatable bonds is 4. The fourth-order valence-electron chi connectivity index (χ4n) is 4.00. The van der Waals surface area contributed by atoms with Gasteiger partial charge in [0.25, 0.3) is 0 Å². The number of fused-ring (bicyclic) bond motifs is 1. The van der Waals surface area contributed by atoms with Crippen LogP contribution in [0, 0.1) is 0 Å². The molecule has 2 aromatic rings. The standard InChI is InChI=1S/C23H31N5O3S/c1-23(2,3)31-22(29)27-11-9-17(10-12-27)28-13-14-30-19-20(24-15-25-21(19)28)26-16-5-7-18(32-4)8-6-16/h5-8,15,17H,9-14H2,1-4H3,(H,24,25,26). The molecule has 9 heteroatoms. The molecule has 1 saturated heterocycles. The summed E-state index contributed by atoms with van der Waals surface area (Å²) in [6, 6.07) is 8.51. The highest BCUT2D eigenvalue weighted by Crippen LogP contribution is 2.38. The smallest absolute Gasteiger partial charge is 0.410 e. The van der Waals surface area contributed by atoms with Crippen molar-refractivity contribution in [1.29, 1.82) is 0 Å². The van der Waals surface area contributed by atoms with Gasteiger partial charge in [-0.05, 0) is 64.1 Å². The van der Waals surface area contributed by atoms with Gasteiger partial charge < -0.3 is 24.6 Å². The predicted octanol–water partition coefficient (Wildman–Crippen LogP) is 4.54. The first-order chi connectivity index (χ1) is 15.3. The first-order valence-electron chi connectivity index (χ1n) is 11.0. The maximum atomic E-state index is 12.4. The molecule has 0 unspecified atom stereocenters. The molecule has 0 radical (unpaired) electrons. The third kappa shape index (κ3) is 5.20. The Morgan fingerprint density at radius 1 is 1.16 bits per heavy atom. The van der Waals surface area contributed by atoms with E-state index in [9.17, 15) is 4.79 Å². The van der Waals surface area contributed by atoms with Gasteiger partial charge in [0.1, 0.15) is 18.5 Å². The molecule has 1 N–H and O–H groups in total. The fraction of sp³-hybridized carbons (Fsp3) is 0.522. The number of carbonyl (C=O) groups excluding carboxylic acids is 1. The van der Waals surface area contributed by atoms with Crippen molar-refractivity contribution in [3.8, 4) is 5.75 Å². The number of thioether (sulfide) groups is 1. The van der Waals surface area contributed by atoms with Gasteiger partial charge in [0.2, 0.25) is 5.75 Å². The zero-order valence-corrected chi connectivity index (χ0v) is 19.9. The van der Waals surface area contributed by atoms with Gasteiger partial charge in [0, 0.05) is 29.7 Å². The van der Waals surface area contributed by atoms with Crippen molar-refractivity contribution in [1.82, 2.24) is 14.9 Å². The number of ether oxygens (including phenoxy) is 2. The SMILES string of the molecule is CSc1ccc(Nc2ncnc3c2OCCN3C2CCN(C(=O)OC(C)(C)C)CC2)cc1. The molecule has 0 aliphatic carbocycles. The van der Waals surface area contributed by atoms with Crippen molar-refractivity contribution >= 4 is 35.2 Å². The molecule has 1 aromatic carbocycles. The zero-order chi connectivity index (χ0) is 22.7. The number of hydrogen-bond donors (Lipinski definition) is 1. The Hall–Kier alpha value is -2.68. The molecule has 0 atom stereocenters. The quantitative estimate of drug-likeness (QED) is 0.671. The number of amides is 1. The van der Waals surface area contributed by atoms with Gasteiger partial charge in [0.15, 0.2) is 11.6 Å². The number of anilines is 3. The Bertz CT molecular complexity index is 940. The van der Waals surface area contributed by atoms with Crippen LogP contribution in [0.25, 0.3) is 0 Å². The van der Waals surface area contributed by atoms with Crippen molar-refractivity contribution in [3.63, 3.8) is 0 Å². The third-order valence-corrected chi connectivity index (χ3v) is 6.29. The fourth-order valence-corrected chi connectivity index (χ4v) is 4.40. The average Bonchev–Trinajstić information content (AvgIpc) is 2.78. The van der Waals surface area contributed by atoms with Crippen LogP contribution in [0.5, 0.6) is 5.75 Å². The molecule has 0 saturated carbocycles. The lowest BCUT2D eigenvalue weighted by Crippen LogP contribution is -2.50. The molecule has 4 rings (SSSR count). The highest BCUT2D eigenvalue weighted by molar-refractivity contribution is 7.98. The van der Waals surface area contributed by atoms with Gasteiger partial charge >= 0.3 is 6.09 Å². The molecule has 2 aliphatic heterocycles. The highest BCUT2D eigenvalue weighted by Gasteiger charge is 2.33. The second-order valence-electron chi connectivity index (χ2n) is 8.97. The summed E-state index contributed by atoms with van der Waals surface area (Å²) in [5.41, 5.74) is 0.475. The van der Waals surface area contributed by atoms with Crippen LogP contribution < -0.4 is 15.0 Å². The van der Waals surface area contributed by atoms with Crippen molar-refractivity contribution in [2.24, 2.45) is 0 Å². The summed E-state index contributed by atoms with van der Waals surface area (Å²) in [7, 11) is 0. The molecule has 1 amide bonds. The van der Waals surface area contributed by atoms with Crippen molar-refractivity contribution in [2.75, 3.05) is 42.7 Å². The van der Waals surface area contributed by atoms with Crippen molar-refractivity contribution in [2.45, 2.75) is 50.2 Å². The maximum Gasteiger partial charge on any atom is 0.410 e. The summed E-state index contributed by atoms with van der Waals surface area (Å²) in [5.74, 6) is 2.16. The first-order valence-corrected chi connectivity index (χ1v) is 12.2. The van der Waals surface area contributed by atoms with Crippen LogP contribution in [0.2, 0.25) is 0 Å². The lowest BCUT2D eigenvalue weighted by molar-refractivity contribution is 0.0203. The Morgan fingerprint density at radius 2 is 1.88 bits per heavy atom. The molecule has 3 heterocycles. The molecule has 32 heavy (non-hydrogen) atoms. The molecule has 8 nitrogen and oxygen atoms in total. The van der Waals surface area contributed by atoms with E-state index in [0.29, 0.717) is 37.3 Å². The van der Waals surface area contributed by atoms with E-state index in [-0.39, 0.29) is 6.09 Å². The number of benzene rings is 1. The molecule has 1 aromatic heterocycles. The van der Waals surface area contributed by atoms with Crippen LogP contribution in [-0.4, -0.2) is 65.1 Å². The summed E-state index contributed by atoms with van der Waals surface area (Å²) in [6.07, 6.45) is 5.13. The molecule has 172 valence electrons. The monoisotopic (exact) mass is 457 g/mol. The summed E-state index contributed by atoms with van der Waals surface area (Å²) in [6.45, 7) is 8.37. The van der Waals surface area contributed by atoms with E-state index >= 15 is 0 Å². The van der Waals surface area contributed by atoms with E-state index in [2.05, 4.69) is 38.6 Å². The van der Waals surface area contributed by atoms with Gasteiger partial charge in [-0.25, -0.2) is 14.8 Å². The van der Waals surface area contributed by atoms with Gasteiger partial charge in [-0.2, -0.15) is 0 Å². The Labute approximate surface area is 193 Å². The number of nitrogens with zero attached hydrogens (tertiary/aromatic N) is 4. The lowest BCUT2D eigenvalue weighted by atomic mass is 10.0. The van der Waals surface area contributed by atoms with E-state index in [1.807, 2.05) is 32.9 Å². The van der Waals surface area contributed by atoms with Gasteiger partial charge in [-0.1, -0.05) is 0 Å². The minimum absolute atomic E-state index is 0.236. The molecule has 0 bridgehead atoms. The van der Waals surface area contributed by atoms with Crippen LogP contribution >= 0.6 is 11.8 Å². The molecule has 1 fully saturated rings. The largest absolute Gasteiger partial charge is 0.485 e. The summed E-state index contributed by atoms with van der Waals surface area (Å²) in [4.78, 5) is 26.7. The van der Waals surface area contributed by atoms with Crippen LogP contribution in [0.4, 0.5) is 22.1 Å². The van der Waals surface area contributed by atoms with E-state index in [4.69, 9.17) is 9.47 Å². The Kier molecular flexibility index (Phi) is 6.64. The van der Waals surface area contributed by atoms with Crippen LogP contribution in [-0.2, 0) is 4.74 Å². The summed E-state index contributed by atoms with van der Waals surface area (Å²) < 4.78 is 11.5. The van der Waals surface area contributed by atoms with E-state index in [1.165, 1.54) is 4.90 Å². The molecular weight excluding hydrogens is 426 g/mol. The Morgan fingerprint density at radius 3 is 2.53 bits per heavy atom. The zero-order valence-electron chi connectivity index (χ0n) is 19.1. The maximum absolute atomic E-state index is 12.4. The van der Waals surface area contributed by atoms with E-state index < -0.39 is 5.60 Å². The normalized spacial score (nSPS) is 16.9. The van der Waals surface area contributed by atoms with Crippen LogP contribution in [0.15, 0.2) is 35.5 Å². The lowest BCUT2D eigenvalue weighted by Gasteiger charge is -2.41. The predicted molar refractivity (Wildman–Crippen MR) is 127 cm³/mol. The first kappa shape index (κ1) is 22.5. The number of nitrogens with one attached hydrogen (secondary N) is 1. The topological polar surface area (TPSA) is 79.8 Å². The molecular formula is C23H31N5O3S. The van der Waals surface area contributed by atoms with Crippen LogP contribution in [0.3, 0.4) is 0 Å². The van der Waals surface area contributed by atoms with E-state index in [1.54, 1.807) is 23.0 Å². The van der Waals surface area contributed by atoms with Gasteiger partial charge in [-0.3, -0.25) is 0 Å². The summed E-state index contributed by atoms with van der Waals surface area (Å²) in [5, 5.41) is 3.37. The molecule has 0 spiro atoms. The average molecular weight is 458 g/mol. The molecule has 2 aliphatic rings. The summed E-state index contributed by atoms with van der Waals surface area (Å²) >= 11 is 1.71. The number of hydrogen-bond acceptors (Lipinski definition) is 8. The highest BCUT2D eigenvalue weighted by atomic mass is 32.2. The second kappa shape index (κ2) is 9.44. The number of carbonyl (C=O) groups is 1. The Balaban J connectivity index is 1.45. The number of likely N-dealkylation sites (tertiary alicyclic amines) is 1. The number of aromatic nitrogens is 2. The van der Waals surface area contributed by atoms with E-state index in [0.717, 1.165) is 30.9 Å². The van der Waals surface area contributed by atoms with Crippen LogP contribution in [0.1, 0.15) is 33.6 Å². The van der Waals surface area contributed by atoms with Crippen molar-refractivity contribution in [3.05, 3.63) is 30.6 Å². The second-order valence-corrected chi connectivity index (χ2v) is 9.85. The minimum Gasteiger partial charge on any atom is -0.485 e. The minimum atomic E-state index is -0.479. The van der Waals surface area contributed by atoms with Gasteiger partial charge in [-0.15, -0.1) is 11.8 Å².